The highest BCUT2D eigenvalue weighted by Crippen LogP contribution is 2.23. The fraction of sp³-hybridized carbons (Fsp3) is 0.300. The van der Waals surface area contributed by atoms with Gasteiger partial charge in [0.2, 0.25) is 0 Å². The predicted octanol–water partition coefficient (Wildman–Crippen LogP) is 3.79. The fourth-order valence-electron chi connectivity index (χ4n) is 3.00. The monoisotopic (exact) mass is 406 g/mol. The molecule has 2 aromatic carbocycles. The van der Waals surface area contributed by atoms with Gasteiger partial charge in [-0.25, -0.2) is 0 Å². The van der Waals surface area contributed by atoms with Gasteiger partial charge in [-0.3, -0.25) is 9.59 Å². The Balaban J connectivity index is 1.45. The molecule has 0 saturated carbocycles. The molecule has 0 aliphatic carbocycles. The van der Waals surface area contributed by atoms with Gasteiger partial charge in [0, 0.05) is 24.2 Å². The van der Waals surface area contributed by atoms with Gasteiger partial charge < -0.3 is 15.0 Å². The summed E-state index contributed by atoms with van der Waals surface area (Å²) in [7, 11) is 0. The van der Waals surface area contributed by atoms with Gasteiger partial charge in [0.15, 0.2) is 6.61 Å². The molecule has 0 radical (unpaired) electrons. The highest BCUT2D eigenvalue weighted by Gasteiger charge is 2.25. The Kier molecular flexibility index (Phi) is 6.58. The molecule has 5 nitrogen and oxygen atoms in total. The van der Waals surface area contributed by atoms with Crippen molar-refractivity contribution in [3.05, 3.63) is 64.1 Å². The van der Waals surface area contributed by atoms with Crippen LogP contribution in [-0.2, 0) is 4.79 Å². The molecular formula is C20H20Cl2N2O3. The number of rotatable bonds is 5. The second-order valence-corrected chi connectivity index (χ2v) is 7.20. The molecule has 2 amide bonds. The number of para-hydroxylation sites is 1. The minimum atomic E-state index is -0.163. The molecule has 7 heteroatoms. The minimum absolute atomic E-state index is 0.0243. The van der Waals surface area contributed by atoms with Crippen molar-refractivity contribution in [1.29, 1.82) is 0 Å². The number of piperidine rings is 1. The summed E-state index contributed by atoms with van der Waals surface area (Å²) in [4.78, 5) is 26.4. The molecule has 1 aliphatic heterocycles. The van der Waals surface area contributed by atoms with Gasteiger partial charge in [-0.2, -0.15) is 0 Å². The number of hydrogen-bond acceptors (Lipinski definition) is 3. The molecule has 2 aromatic rings. The van der Waals surface area contributed by atoms with E-state index in [-0.39, 0.29) is 24.5 Å². The predicted molar refractivity (Wildman–Crippen MR) is 105 cm³/mol. The molecule has 1 fully saturated rings. The Morgan fingerprint density at radius 3 is 2.44 bits per heavy atom. The van der Waals surface area contributed by atoms with Crippen LogP contribution >= 0.6 is 23.2 Å². The standard InChI is InChI=1S/C20H20Cl2N2O3/c21-14-6-7-17(18(22)12-14)20(26)24-10-8-15(9-11-24)23-19(25)13-27-16-4-2-1-3-5-16/h1-7,12,15H,8-11,13H2,(H,23,25). The molecule has 0 atom stereocenters. The Hall–Kier alpha value is -2.24. The molecule has 1 aliphatic rings. The van der Waals surface area contributed by atoms with E-state index in [1.807, 2.05) is 18.2 Å². The van der Waals surface area contributed by atoms with Crippen LogP contribution in [0.25, 0.3) is 0 Å². The smallest absolute Gasteiger partial charge is 0.258 e. The molecular weight excluding hydrogens is 387 g/mol. The Morgan fingerprint density at radius 2 is 1.78 bits per heavy atom. The molecule has 1 saturated heterocycles. The van der Waals surface area contributed by atoms with Gasteiger partial charge >= 0.3 is 0 Å². The quantitative estimate of drug-likeness (QED) is 0.821. The number of likely N-dealkylation sites (tertiary alicyclic amines) is 1. The number of hydrogen-bond donors (Lipinski definition) is 1. The molecule has 3 rings (SSSR count). The van der Waals surface area contributed by atoms with Gasteiger partial charge in [0.25, 0.3) is 11.8 Å². The number of halogens is 2. The summed E-state index contributed by atoms with van der Waals surface area (Å²) < 4.78 is 5.45. The second kappa shape index (κ2) is 9.11. The van der Waals surface area contributed by atoms with E-state index < -0.39 is 0 Å². The van der Waals surface area contributed by atoms with Crippen LogP contribution in [0.5, 0.6) is 5.75 Å². The van der Waals surface area contributed by atoms with Crippen LogP contribution in [0.2, 0.25) is 10.0 Å². The summed E-state index contributed by atoms with van der Waals surface area (Å²) >= 11 is 12.0. The maximum absolute atomic E-state index is 12.6. The average molecular weight is 407 g/mol. The Morgan fingerprint density at radius 1 is 1.07 bits per heavy atom. The van der Waals surface area contributed by atoms with Crippen molar-refractivity contribution in [3.8, 4) is 5.75 Å². The van der Waals surface area contributed by atoms with Gasteiger partial charge in [0.05, 0.1) is 10.6 Å². The third-order valence-electron chi connectivity index (χ3n) is 4.42. The lowest BCUT2D eigenvalue weighted by Gasteiger charge is -2.32. The number of benzene rings is 2. The number of ether oxygens (including phenoxy) is 1. The second-order valence-electron chi connectivity index (χ2n) is 6.36. The van der Waals surface area contributed by atoms with E-state index in [4.69, 9.17) is 27.9 Å². The Labute approximate surface area is 168 Å². The van der Waals surface area contributed by atoms with Crippen LogP contribution < -0.4 is 10.1 Å². The zero-order chi connectivity index (χ0) is 19.2. The maximum Gasteiger partial charge on any atom is 0.258 e. The van der Waals surface area contributed by atoms with E-state index in [9.17, 15) is 9.59 Å². The van der Waals surface area contributed by atoms with Crippen molar-refractivity contribution in [1.82, 2.24) is 10.2 Å². The lowest BCUT2D eigenvalue weighted by atomic mass is 10.0. The van der Waals surface area contributed by atoms with Crippen LogP contribution in [0.15, 0.2) is 48.5 Å². The maximum atomic E-state index is 12.6. The van der Waals surface area contributed by atoms with E-state index in [2.05, 4.69) is 5.32 Å². The molecule has 1 heterocycles. The molecule has 0 aromatic heterocycles. The third kappa shape index (κ3) is 5.37. The topological polar surface area (TPSA) is 58.6 Å². The van der Waals surface area contributed by atoms with Crippen molar-refractivity contribution in [3.63, 3.8) is 0 Å². The molecule has 0 unspecified atom stereocenters. The first-order chi connectivity index (χ1) is 13.0. The van der Waals surface area contributed by atoms with Crippen LogP contribution in [0.4, 0.5) is 0 Å². The van der Waals surface area contributed by atoms with E-state index in [1.165, 1.54) is 0 Å². The first kappa shape index (κ1) is 19.5. The SMILES string of the molecule is O=C(COc1ccccc1)NC1CCN(C(=O)c2ccc(Cl)cc2Cl)CC1. The minimum Gasteiger partial charge on any atom is -0.484 e. The number of carbonyl (C=O) groups is 2. The summed E-state index contributed by atoms with van der Waals surface area (Å²) in [6.45, 7) is 1.09. The van der Waals surface area contributed by atoms with Gasteiger partial charge in [-0.1, -0.05) is 41.4 Å². The fourth-order valence-corrected chi connectivity index (χ4v) is 3.48. The van der Waals surface area contributed by atoms with Crippen LogP contribution in [-0.4, -0.2) is 42.5 Å². The van der Waals surface area contributed by atoms with Crippen molar-refractivity contribution in [2.75, 3.05) is 19.7 Å². The largest absolute Gasteiger partial charge is 0.484 e. The van der Waals surface area contributed by atoms with Crippen molar-refractivity contribution >= 4 is 35.0 Å². The first-order valence-electron chi connectivity index (χ1n) is 8.74. The lowest BCUT2D eigenvalue weighted by Crippen LogP contribution is -2.47. The molecule has 1 N–H and O–H groups in total. The highest BCUT2D eigenvalue weighted by molar-refractivity contribution is 6.36. The van der Waals surface area contributed by atoms with Crippen molar-refractivity contribution in [2.45, 2.75) is 18.9 Å². The summed E-state index contributed by atoms with van der Waals surface area (Å²) in [6.07, 6.45) is 1.38. The highest BCUT2D eigenvalue weighted by atomic mass is 35.5. The number of nitrogens with one attached hydrogen (secondary N) is 1. The van der Waals surface area contributed by atoms with Crippen molar-refractivity contribution < 1.29 is 14.3 Å². The summed E-state index contributed by atoms with van der Waals surface area (Å²) in [6, 6.07) is 14.1. The van der Waals surface area contributed by atoms with E-state index in [0.717, 1.165) is 0 Å². The summed E-state index contributed by atoms with van der Waals surface area (Å²) in [5.41, 5.74) is 0.444. The van der Waals surface area contributed by atoms with Crippen LogP contribution in [0.3, 0.4) is 0 Å². The number of carbonyl (C=O) groups excluding carboxylic acids is 2. The van der Waals surface area contributed by atoms with Gasteiger partial charge in [0.1, 0.15) is 5.75 Å². The lowest BCUT2D eigenvalue weighted by molar-refractivity contribution is -0.124. The van der Waals surface area contributed by atoms with Crippen LogP contribution in [0.1, 0.15) is 23.2 Å². The van der Waals surface area contributed by atoms with E-state index in [0.29, 0.717) is 47.3 Å². The first-order valence-corrected chi connectivity index (χ1v) is 9.50. The van der Waals surface area contributed by atoms with Crippen LogP contribution in [0, 0.1) is 0 Å². The van der Waals surface area contributed by atoms with E-state index in [1.54, 1.807) is 35.2 Å². The summed E-state index contributed by atoms with van der Waals surface area (Å²) in [5.74, 6) is 0.381. The molecule has 0 bridgehead atoms. The van der Waals surface area contributed by atoms with E-state index >= 15 is 0 Å². The third-order valence-corrected chi connectivity index (χ3v) is 4.97. The number of nitrogens with zero attached hydrogens (tertiary/aromatic N) is 1. The zero-order valence-electron chi connectivity index (χ0n) is 14.7. The van der Waals surface area contributed by atoms with Crippen molar-refractivity contribution in [2.24, 2.45) is 0 Å². The molecule has 27 heavy (non-hydrogen) atoms. The summed E-state index contributed by atoms with van der Waals surface area (Å²) in [5, 5.41) is 3.81. The average Bonchev–Trinajstić information content (AvgIpc) is 2.67. The Bertz CT molecular complexity index is 806. The van der Waals surface area contributed by atoms with Gasteiger partial charge in [-0.05, 0) is 43.2 Å². The zero-order valence-corrected chi connectivity index (χ0v) is 16.2. The molecule has 142 valence electrons. The molecule has 0 spiro atoms. The van der Waals surface area contributed by atoms with Gasteiger partial charge in [-0.15, -0.1) is 0 Å². The number of amides is 2. The normalized spacial score (nSPS) is 14.7.